The van der Waals surface area contributed by atoms with Crippen molar-refractivity contribution >= 4 is 64.1 Å². The van der Waals surface area contributed by atoms with Gasteiger partial charge in [-0.1, -0.05) is 99.6 Å². The van der Waals surface area contributed by atoms with Crippen LogP contribution in [0.5, 0.6) is 0 Å². The first-order chi connectivity index (χ1) is 30.8. The van der Waals surface area contributed by atoms with Crippen molar-refractivity contribution in [1.29, 1.82) is 0 Å². The summed E-state index contributed by atoms with van der Waals surface area (Å²) in [5.41, 5.74) is 2.91. The number of halogens is 1. The quantitative estimate of drug-likeness (QED) is 0.0142. The molecule has 0 bridgehead atoms. The molecule has 0 spiro atoms. The second-order valence-electron chi connectivity index (χ2n) is 15.6. The number of hydrazine groups is 1. The molecule has 0 aromatic rings. The first-order valence-corrected chi connectivity index (χ1v) is 24.5. The summed E-state index contributed by atoms with van der Waals surface area (Å²) in [6, 6.07) is -1.82. The number of carboxylic acid groups (broad SMARTS) is 3. The van der Waals surface area contributed by atoms with Crippen LogP contribution in [0.2, 0.25) is 0 Å². The van der Waals surface area contributed by atoms with Crippen molar-refractivity contribution in [3.63, 3.8) is 0 Å². The van der Waals surface area contributed by atoms with Crippen molar-refractivity contribution in [2.45, 2.75) is 147 Å². The molecule has 2 atom stereocenters. The first-order valence-electron chi connectivity index (χ1n) is 23.0. The Balaban J connectivity index is 3.68. The van der Waals surface area contributed by atoms with E-state index < -0.39 is 30.0 Å². The number of ether oxygens (including phenoxy) is 4. The zero-order chi connectivity index (χ0) is 47.5. The van der Waals surface area contributed by atoms with Crippen molar-refractivity contribution in [1.82, 2.24) is 31.7 Å². The van der Waals surface area contributed by atoms with Gasteiger partial charge in [0.05, 0.1) is 44.2 Å². The van der Waals surface area contributed by atoms with E-state index in [9.17, 15) is 43.8 Å². The molecule has 0 saturated heterocycles. The van der Waals surface area contributed by atoms with E-state index in [1.54, 1.807) is 12.1 Å². The molecule has 21 heteroatoms. The Kier molecular flexibility index (Phi) is 41.5. The summed E-state index contributed by atoms with van der Waals surface area (Å²) in [5.74, 6) is -4.12. The van der Waals surface area contributed by atoms with Gasteiger partial charge in [-0.3, -0.25) is 28.8 Å². The standard InChI is InChI=1S/C43H79IN6O14/c1-50(34-44)49-36(43(59)60)18-16-17-23-45-39(53)32-63-30-29-62-27-25-47-40(54)33-64-31-28-61-26-24-46-37(51)22-21-35(42(57)58)48-38(52)19-14-12-10-8-6-4-2-3-5-7-9-11-13-15-20-41(55)56/h35-36,49H,2-34H2,1H3,(H,45,53)(H,46,51)(H,47,54)(H,48,52)(H,55,56)(H,57,58)(H,59,60)/t35-,36?/m0/s1. The lowest BCUT2D eigenvalue weighted by Crippen LogP contribution is -2.46. The van der Waals surface area contributed by atoms with Crippen molar-refractivity contribution in [3.8, 4) is 0 Å². The number of amides is 4. The third-order valence-electron chi connectivity index (χ3n) is 9.78. The highest BCUT2D eigenvalue weighted by atomic mass is 127. The van der Waals surface area contributed by atoms with Crippen LogP contribution in [-0.4, -0.2) is 158 Å². The summed E-state index contributed by atoms with van der Waals surface area (Å²) >= 11 is 2.13. The van der Waals surface area contributed by atoms with Crippen LogP contribution in [0.3, 0.4) is 0 Å². The average Bonchev–Trinajstić information content (AvgIpc) is 3.25. The van der Waals surface area contributed by atoms with Gasteiger partial charge in [-0.25, -0.2) is 15.2 Å². The molecule has 0 aromatic heterocycles. The zero-order valence-corrected chi connectivity index (χ0v) is 40.3. The Morgan fingerprint density at radius 2 is 0.906 bits per heavy atom. The summed E-state index contributed by atoms with van der Waals surface area (Å²) in [5, 5.41) is 39.7. The van der Waals surface area contributed by atoms with Gasteiger partial charge in [0.25, 0.3) is 0 Å². The van der Waals surface area contributed by atoms with E-state index in [-0.39, 0.29) is 115 Å². The van der Waals surface area contributed by atoms with Gasteiger partial charge < -0.3 is 55.5 Å². The molecule has 64 heavy (non-hydrogen) atoms. The molecule has 0 aliphatic carbocycles. The monoisotopic (exact) mass is 1030 g/mol. The van der Waals surface area contributed by atoms with Gasteiger partial charge in [0, 0.05) is 45.9 Å². The molecule has 0 radical (unpaired) electrons. The fourth-order valence-corrected chi connectivity index (χ4v) is 6.41. The number of carboxylic acids is 3. The largest absolute Gasteiger partial charge is 0.481 e. The molecule has 4 amide bonds. The Labute approximate surface area is 393 Å². The smallest absolute Gasteiger partial charge is 0.326 e. The predicted octanol–water partition coefficient (Wildman–Crippen LogP) is 3.53. The number of nitrogens with one attached hydrogen (secondary N) is 5. The zero-order valence-electron chi connectivity index (χ0n) is 38.1. The number of nitrogens with zero attached hydrogens (tertiary/aromatic N) is 1. The number of carbonyl (C=O) groups excluding carboxylic acids is 4. The summed E-state index contributed by atoms with van der Waals surface area (Å²) in [6.07, 6.45) is 17.1. The van der Waals surface area contributed by atoms with E-state index in [0.29, 0.717) is 36.8 Å². The topological polar surface area (TPSA) is 280 Å². The summed E-state index contributed by atoms with van der Waals surface area (Å²) < 4.78 is 22.0. The third-order valence-corrected chi connectivity index (χ3v) is 10.8. The van der Waals surface area contributed by atoms with Gasteiger partial charge in [0.1, 0.15) is 25.3 Å². The molecule has 20 nitrogen and oxygen atoms in total. The van der Waals surface area contributed by atoms with Crippen LogP contribution in [0.25, 0.3) is 0 Å². The van der Waals surface area contributed by atoms with Crippen molar-refractivity contribution in [3.05, 3.63) is 0 Å². The molecule has 372 valence electrons. The number of rotatable bonds is 47. The maximum absolute atomic E-state index is 12.3. The van der Waals surface area contributed by atoms with Gasteiger partial charge in [-0.05, 0) is 38.5 Å². The van der Waals surface area contributed by atoms with Crippen molar-refractivity contribution in [2.24, 2.45) is 0 Å². The van der Waals surface area contributed by atoms with Crippen LogP contribution in [0.15, 0.2) is 0 Å². The number of alkyl halides is 1. The Bertz CT molecular complexity index is 1270. The van der Waals surface area contributed by atoms with Crippen LogP contribution in [0, 0.1) is 0 Å². The van der Waals surface area contributed by atoms with Gasteiger partial charge in [-0.2, -0.15) is 0 Å². The highest BCUT2D eigenvalue weighted by Crippen LogP contribution is 2.14. The maximum Gasteiger partial charge on any atom is 0.326 e. The van der Waals surface area contributed by atoms with E-state index in [1.165, 1.54) is 38.5 Å². The number of hydrogen-bond donors (Lipinski definition) is 8. The summed E-state index contributed by atoms with van der Waals surface area (Å²) in [7, 11) is 1.77. The number of carbonyl (C=O) groups is 7. The minimum absolute atomic E-state index is 0.0317. The summed E-state index contributed by atoms with van der Waals surface area (Å²) in [4.78, 5) is 81.9. The van der Waals surface area contributed by atoms with Crippen LogP contribution in [0.1, 0.15) is 135 Å². The van der Waals surface area contributed by atoms with Crippen molar-refractivity contribution in [2.75, 3.05) is 84.1 Å². The second-order valence-corrected chi connectivity index (χ2v) is 16.2. The lowest BCUT2D eigenvalue weighted by Gasteiger charge is -2.21. The van der Waals surface area contributed by atoms with E-state index in [4.69, 9.17) is 24.1 Å². The molecule has 1 unspecified atom stereocenters. The van der Waals surface area contributed by atoms with Gasteiger partial charge in [-0.15, -0.1) is 0 Å². The number of unbranched alkanes of at least 4 members (excludes halogenated alkanes) is 14. The van der Waals surface area contributed by atoms with Gasteiger partial charge >= 0.3 is 17.9 Å². The lowest BCUT2D eigenvalue weighted by atomic mass is 10.0. The Hall–Kier alpha value is -3.22. The van der Waals surface area contributed by atoms with E-state index >= 15 is 0 Å². The lowest BCUT2D eigenvalue weighted by molar-refractivity contribution is -0.142. The van der Waals surface area contributed by atoms with Gasteiger partial charge in [0.2, 0.25) is 23.6 Å². The maximum atomic E-state index is 12.3. The van der Waals surface area contributed by atoms with Crippen LogP contribution in [-0.2, 0) is 52.5 Å². The molecule has 0 aliphatic heterocycles. The number of hydrogen-bond acceptors (Lipinski definition) is 13. The molecule has 0 rings (SSSR count). The molecule has 8 N–H and O–H groups in total. The Morgan fingerprint density at radius 3 is 1.38 bits per heavy atom. The Morgan fingerprint density at radius 1 is 0.469 bits per heavy atom. The van der Waals surface area contributed by atoms with Crippen molar-refractivity contribution < 1.29 is 67.8 Å². The van der Waals surface area contributed by atoms with Crippen LogP contribution in [0.4, 0.5) is 0 Å². The minimum Gasteiger partial charge on any atom is -0.481 e. The highest BCUT2D eigenvalue weighted by Gasteiger charge is 2.21. The molecule has 0 heterocycles. The van der Waals surface area contributed by atoms with E-state index in [2.05, 4.69) is 49.3 Å². The normalized spacial score (nSPS) is 12.1. The third kappa shape index (κ3) is 41.5. The highest BCUT2D eigenvalue weighted by molar-refractivity contribution is 14.1. The van der Waals surface area contributed by atoms with E-state index in [1.807, 2.05) is 0 Å². The van der Waals surface area contributed by atoms with E-state index in [0.717, 1.165) is 44.9 Å². The fourth-order valence-electron chi connectivity index (χ4n) is 6.21. The first kappa shape index (κ1) is 60.8. The molecule has 0 saturated carbocycles. The van der Waals surface area contributed by atoms with Crippen LogP contribution < -0.4 is 26.7 Å². The minimum atomic E-state index is -1.19. The molecular weight excluding hydrogens is 951 g/mol. The molecule has 0 aliphatic rings. The summed E-state index contributed by atoms with van der Waals surface area (Å²) in [6.45, 7) is 1.81. The van der Waals surface area contributed by atoms with Crippen LogP contribution >= 0.6 is 22.6 Å². The molecule has 0 fully saturated rings. The fraction of sp³-hybridized carbons (Fsp3) is 0.837. The SMILES string of the molecule is CN(CI)NC(CCCCNC(=O)COCCOCCNC(=O)COCCOCCNC(=O)CC[C@H](NC(=O)CCCCCCCCCCCCCCCCC(=O)O)C(=O)O)C(=O)O. The predicted molar refractivity (Wildman–Crippen MR) is 248 cm³/mol. The number of aliphatic carboxylic acids is 3. The molecule has 0 aromatic carbocycles. The second kappa shape index (κ2) is 43.7. The average molecular weight is 1030 g/mol. The van der Waals surface area contributed by atoms with Gasteiger partial charge in [0.15, 0.2) is 0 Å². The molecular formula is C43H79IN6O14.